The summed E-state index contributed by atoms with van der Waals surface area (Å²) in [4.78, 5) is 42.8. The molecule has 2 atom stereocenters. The van der Waals surface area contributed by atoms with Crippen molar-refractivity contribution in [1.82, 2.24) is 14.4 Å². The van der Waals surface area contributed by atoms with E-state index in [0.29, 0.717) is 36.6 Å². The van der Waals surface area contributed by atoms with Crippen molar-refractivity contribution in [2.24, 2.45) is 17.3 Å². The highest BCUT2D eigenvalue weighted by Gasteiger charge is 2.49. The first-order valence-corrected chi connectivity index (χ1v) is 13.6. The smallest absolute Gasteiger partial charge is 0.255 e. The van der Waals surface area contributed by atoms with E-state index >= 15 is 0 Å². The molecule has 0 bridgehead atoms. The van der Waals surface area contributed by atoms with Gasteiger partial charge in [0.2, 0.25) is 5.91 Å². The van der Waals surface area contributed by atoms with Crippen molar-refractivity contribution in [3.63, 3.8) is 0 Å². The molecule has 8 heteroatoms. The van der Waals surface area contributed by atoms with Crippen LogP contribution in [0.4, 0.5) is 0 Å². The van der Waals surface area contributed by atoms with E-state index in [1.54, 1.807) is 25.2 Å². The topological polar surface area (TPSA) is 103 Å². The molecule has 206 valence electrons. The number of pyridine rings is 1. The molecule has 8 nitrogen and oxygen atoms in total. The first-order valence-electron chi connectivity index (χ1n) is 13.6. The van der Waals surface area contributed by atoms with Gasteiger partial charge in [0.05, 0.1) is 30.2 Å². The molecule has 0 radical (unpaired) electrons. The van der Waals surface area contributed by atoms with Gasteiger partial charge in [0.15, 0.2) is 0 Å². The summed E-state index contributed by atoms with van der Waals surface area (Å²) in [6.07, 6.45) is 5.98. The number of aliphatic hydroxyl groups excluding tert-OH is 1. The molecule has 4 rings (SSSR count). The Hall–Kier alpha value is -2.97. The molecule has 0 unspecified atom stereocenters. The van der Waals surface area contributed by atoms with Crippen LogP contribution in [-0.4, -0.2) is 75.8 Å². The van der Waals surface area contributed by atoms with Crippen molar-refractivity contribution >= 4 is 11.8 Å². The number of aromatic nitrogens is 1. The lowest BCUT2D eigenvalue weighted by Gasteiger charge is -2.51. The molecule has 1 aliphatic heterocycles. The number of benzene rings is 1. The minimum atomic E-state index is -1.27. The zero-order chi connectivity index (χ0) is 27.7. The van der Waals surface area contributed by atoms with Crippen LogP contribution >= 0.6 is 0 Å². The maximum Gasteiger partial charge on any atom is 0.255 e. The SMILES string of the molecule is CN(C)C(=O)c1cn(C[C@@]2(O)CCN(C(=O)[C@H](CO)CC3CCC3)CC2(C)C)c(=O)cc1-c1ccccc1. The number of rotatable bonds is 8. The Morgan fingerprint density at radius 2 is 1.84 bits per heavy atom. The number of piperidine rings is 1. The van der Waals surface area contributed by atoms with Crippen LogP contribution in [0.15, 0.2) is 47.4 Å². The number of carbonyl (C=O) groups excluding carboxylic acids is 2. The zero-order valence-corrected chi connectivity index (χ0v) is 23.0. The summed E-state index contributed by atoms with van der Waals surface area (Å²) < 4.78 is 1.43. The number of amides is 2. The van der Waals surface area contributed by atoms with Crippen molar-refractivity contribution in [2.45, 2.75) is 58.1 Å². The van der Waals surface area contributed by atoms with Crippen molar-refractivity contribution in [2.75, 3.05) is 33.8 Å². The third-order valence-corrected chi connectivity index (χ3v) is 8.64. The molecule has 1 saturated heterocycles. The average molecular weight is 524 g/mol. The molecule has 1 aliphatic carbocycles. The third kappa shape index (κ3) is 5.57. The second-order valence-corrected chi connectivity index (χ2v) is 12.0. The summed E-state index contributed by atoms with van der Waals surface area (Å²) in [5, 5.41) is 21.7. The lowest BCUT2D eigenvalue weighted by molar-refractivity contribution is -0.159. The van der Waals surface area contributed by atoms with Gasteiger partial charge in [-0.3, -0.25) is 14.4 Å². The monoisotopic (exact) mass is 523 g/mol. The standard InChI is InChI=1S/C30H41N3O5/c1-29(2)19-32(27(36)23(18-34)15-21-9-8-10-21)14-13-30(29,38)20-33-17-25(28(37)31(3)4)24(16-26(33)35)22-11-6-5-7-12-22/h5-7,11-12,16-17,21,23,34,38H,8-10,13-15,18-20H2,1-4H3/t23-,30-/m0/s1. The summed E-state index contributed by atoms with van der Waals surface area (Å²) >= 11 is 0. The summed E-state index contributed by atoms with van der Waals surface area (Å²) in [6, 6.07) is 10.8. The fraction of sp³-hybridized carbons (Fsp3) is 0.567. The van der Waals surface area contributed by atoms with Crippen LogP contribution in [0.2, 0.25) is 0 Å². The van der Waals surface area contributed by atoms with Crippen LogP contribution in [-0.2, 0) is 11.3 Å². The maximum atomic E-state index is 13.3. The molecular formula is C30H41N3O5. The number of carbonyl (C=O) groups is 2. The van der Waals surface area contributed by atoms with Crippen molar-refractivity contribution < 1.29 is 19.8 Å². The molecule has 2 heterocycles. The maximum absolute atomic E-state index is 13.3. The van der Waals surface area contributed by atoms with Gasteiger partial charge in [-0.25, -0.2) is 0 Å². The molecule has 2 aliphatic rings. The molecule has 2 amide bonds. The van der Waals surface area contributed by atoms with Gasteiger partial charge in [-0.2, -0.15) is 0 Å². The molecule has 2 fully saturated rings. The zero-order valence-electron chi connectivity index (χ0n) is 23.0. The van der Waals surface area contributed by atoms with Crippen LogP contribution in [0.5, 0.6) is 0 Å². The molecule has 2 N–H and O–H groups in total. The summed E-state index contributed by atoms with van der Waals surface area (Å²) in [7, 11) is 3.33. The van der Waals surface area contributed by atoms with Gasteiger partial charge in [-0.15, -0.1) is 0 Å². The van der Waals surface area contributed by atoms with E-state index in [1.165, 1.54) is 22.0 Å². The van der Waals surface area contributed by atoms with E-state index in [-0.39, 0.29) is 36.9 Å². The van der Waals surface area contributed by atoms with E-state index in [2.05, 4.69) is 0 Å². The average Bonchev–Trinajstić information content (AvgIpc) is 2.86. The second kappa shape index (κ2) is 11.0. The van der Waals surface area contributed by atoms with Crippen molar-refractivity contribution in [3.05, 3.63) is 58.5 Å². The molecule has 2 aromatic rings. The molecule has 1 saturated carbocycles. The van der Waals surface area contributed by atoms with Gasteiger partial charge in [0.25, 0.3) is 11.5 Å². The summed E-state index contributed by atoms with van der Waals surface area (Å²) in [6.45, 7) is 4.32. The Labute approximate surface area is 224 Å². The van der Waals surface area contributed by atoms with Crippen LogP contribution in [0.3, 0.4) is 0 Å². The number of nitrogens with zero attached hydrogens (tertiary/aromatic N) is 3. The van der Waals surface area contributed by atoms with Crippen LogP contribution in [0, 0.1) is 17.3 Å². The molecule has 1 aromatic carbocycles. The molecule has 38 heavy (non-hydrogen) atoms. The number of aliphatic hydroxyl groups is 2. The number of hydrogen-bond acceptors (Lipinski definition) is 5. The lowest BCUT2D eigenvalue weighted by Crippen LogP contribution is -2.61. The van der Waals surface area contributed by atoms with Crippen LogP contribution < -0.4 is 5.56 Å². The first-order chi connectivity index (χ1) is 18.0. The van der Waals surface area contributed by atoms with Crippen molar-refractivity contribution in [3.8, 4) is 11.1 Å². The van der Waals surface area contributed by atoms with Gasteiger partial charge < -0.3 is 24.6 Å². The predicted octanol–water partition coefficient (Wildman–Crippen LogP) is 3.01. The predicted molar refractivity (Wildman–Crippen MR) is 147 cm³/mol. The minimum absolute atomic E-state index is 0.00907. The largest absolute Gasteiger partial charge is 0.396 e. The van der Waals surface area contributed by atoms with Gasteiger partial charge in [0, 0.05) is 50.4 Å². The van der Waals surface area contributed by atoms with E-state index in [9.17, 15) is 24.6 Å². The normalized spacial score (nSPS) is 22.0. The Balaban J connectivity index is 1.58. The highest BCUT2D eigenvalue weighted by Crippen LogP contribution is 2.41. The Kier molecular flexibility index (Phi) is 8.14. The van der Waals surface area contributed by atoms with Crippen LogP contribution in [0.25, 0.3) is 11.1 Å². The van der Waals surface area contributed by atoms with Gasteiger partial charge in [-0.05, 0) is 24.3 Å². The highest BCUT2D eigenvalue weighted by molar-refractivity contribution is 6.00. The fourth-order valence-corrected chi connectivity index (χ4v) is 5.73. The molecule has 0 spiro atoms. The van der Waals surface area contributed by atoms with E-state index in [1.807, 2.05) is 44.2 Å². The quantitative estimate of drug-likeness (QED) is 0.554. The Bertz CT molecular complexity index is 1220. The first kappa shape index (κ1) is 28.0. The molecule has 1 aromatic heterocycles. The number of likely N-dealkylation sites (tertiary alicyclic amines) is 1. The molecular weight excluding hydrogens is 482 g/mol. The van der Waals surface area contributed by atoms with Gasteiger partial charge in [-0.1, -0.05) is 63.4 Å². The summed E-state index contributed by atoms with van der Waals surface area (Å²) in [5.41, 5.74) is -0.588. The van der Waals surface area contributed by atoms with Gasteiger partial charge in [0.1, 0.15) is 0 Å². The van der Waals surface area contributed by atoms with E-state index in [0.717, 1.165) is 18.4 Å². The van der Waals surface area contributed by atoms with Crippen LogP contribution in [0.1, 0.15) is 56.3 Å². The second-order valence-electron chi connectivity index (χ2n) is 12.0. The van der Waals surface area contributed by atoms with Crippen molar-refractivity contribution in [1.29, 1.82) is 0 Å². The van der Waals surface area contributed by atoms with E-state index in [4.69, 9.17) is 0 Å². The van der Waals surface area contributed by atoms with Gasteiger partial charge >= 0.3 is 0 Å². The number of hydrogen-bond donors (Lipinski definition) is 2. The summed E-state index contributed by atoms with van der Waals surface area (Å²) in [5.74, 6) is -0.186. The minimum Gasteiger partial charge on any atom is -0.396 e. The fourth-order valence-electron chi connectivity index (χ4n) is 5.73. The lowest BCUT2D eigenvalue weighted by atomic mass is 9.69. The Morgan fingerprint density at radius 3 is 2.39 bits per heavy atom. The van der Waals surface area contributed by atoms with E-state index < -0.39 is 16.9 Å². The third-order valence-electron chi connectivity index (χ3n) is 8.64. The Morgan fingerprint density at radius 1 is 1.16 bits per heavy atom. The highest BCUT2D eigenvalue weighted by atomic mass is 16.3.